The first-order valence-corrected chi connectivity index (χ1v) is 8.16. The number of rotatable bonds is 2. The minimum Gasteiger partial charge on any atom is -0.312 e. The first kappa shape index (κ1) is 18.8. The molecular formula is C18H15ClF2N6. The Morgan fingerprint density at radius 3 is 2.30 bits per heavy atom. The third-order valence-electron chi connectivity index (χ3n) is 3.91. The summed E-state index contributed by atoms with van der Waals surface area (Å²) in [6.45, 7) is 0. The summed E-state index contributed by atoms with van der Waals surface area (Å²) in [7, 11) is 1.77. The predicted molar refractivity (Wildman–Crippen MR) is 100 cm³/mol. The summed E-state index contributed by atoms with van der Waals surface area (Å²) in [4.78, 5) is 12.9. The smallest absolute Gasteiger partial charge is 0.167 e. The summed E-state index contributed by atoms with van der Waals surface area (Å²) >= 11 is 6.24. The lowest BCUT2D eigenvalue weighted by Gasteiger charge is -2.05. The molecule has 4 rings (SSSR count). The number of nitrogens with two attached hydrogens (primary N) is 2. The van der Waals surface area contributed by atoms with Gasteiger partial charge in [0.2, 0.25) is 0 Å². The highest BCUT2D eigenvalue weighted by atomic mass is 35.5. The Labute approximate surface area is 158 Å². The Bertz CT molecular complexity index is 1090. The Balaban J connectivity index is 0.00000102. The molecule has 6 nitrogen and oxygen atoms in total. The van der Waals surface area contributed by atoms with E-state index in [0.29, 0.717) is 22.0 Å². The Morgan fingerprint density at radius 1 is 0.963 bits per heavy atom. The van der Waals surface area contributed by atoms with Crippen LogP contribution in [0.15, 0.2) is 48.7 Å². The molecule has 0 aliphatic carbocycles. The van der Waals surface area contributed by atoms with Gasteiger partial charge in [0.1, 0.15) is 23.0 Å². The molecule has 0 fully saturated rings. The molecule has 2 aromatic heterocycles. The van der Waals surface area contributed by atoms with Crippen LogP contribution in [0.2, 0.25) is 5.02 Å². The number of nitrogens with zero attached hydrogens (tertiary/aromatic N) is 4. The monoisotopic (exact) mass is 388 g/mol. The standard InChI is InChI=1S/C18H11ClF2N4.H4N2/c1-25-17(10-5-2-3-6-11(10)19)23-14-9-22-16(24-18(14)25)15-12(20)7-4-8-13(15)21;1-2/h2-9H,1H3;1-2H2. The van der Waals surface area contributed by atoms with Crippen molar-refractivity contribution in [1.82, 2.24) is 19.5 Å². The van der Waals surface area contributed by atoms with Gasteiger partial charge in [-0.1, -0.05) is 29.8 Å². The fraction of sp³-hybridized carbons (Fsp3) is 0.0556. The average molecular weight is 389 g/mol. The first-order chi connectivity index (χ1) is 13.1. The van der Waals surface area contributed by atoms with Crippen molar-refractivity contribution in [3.8, 4) is 22.8 Å². The zero-order valence-electron chi connectivity index (χ0n) is 14.2. The molecule has 0 amide bonds. The highest BCUT2D eigenvalue weighted by Gasteiger charge is 2.18. The van der Waals surface area contributed by atoms with Gasteiger partial charge >= 0.3 is 0 Å². The number of aryl methyl sites for hydroxylation is 1. The van der Waals surface area contributed by atoms with Crippen molar-refractivity contribution < 1.29 is 8.78 Å². The molecule has 0 unspecified atom stereocenters. The van der Waals surface area contributed by atoms with Gasteiger partial charge in [0.05, 0.1) is 16.8 Å². The maximum absolute atomic E-state index is 14.0. The summed E-state index contributed by atoms with van der Waals surface area (Å²) in [5.41, 5.74) is 1.45. The molecular weight excluding hydrogens is 374 g/mol. The second-order valence-corrected chi connectivity index (χ2v) is 5.88. The first-order valence-electron chi connectivity index (χ1n) is 7.78. The SMILES string of the molecule is Cn1c(-c2ccccc2Cl)nc2cnc(-c3c(F)cccc3F)nc21.NN. The van der Waals surface area contributed by atoms with E-state index >= 15 is 0 Å². The highest BCUT2D eigenvalue weighted by molar-refractivity contribution is 6.33. The van der Waals surface area contributed by atoms with E-state index in [1.54, 1.807) is 17.7 Å². The van der Waals surface area contributed by atoms with Gasteiger partial charge in [0, 0.05) is 12.6 Å². The van der Waals surface area contributed by atoms with Gasteiger partial charge in [-0.2, -0.15) is 0 Å². The average Bonchev–Trinajstić information content (AvgIpc) is 3.00. The van der Waals surface area contributed by atoms with Gasteiger partial charge in [-0.05, 0) is 24.3 Å². The lowest BCUT2D eigenvalue weighted by atomic mass is 10.2. The quantitative estimate of drug-likeness (QED) is 0.405. The van der Waals surface area contributed by atoms with Crippen LogP contribution in [0.25, 0.3) is 33.9 Å². The summed E-state index contributed by atoms with van der Waals surface area (Å²) in [5.74, 6) is 7.14. The van der Waals surface area contributed by atoms with Crippen LogP contribution < -0.4 is 11.7 Å². The molecule has 2 heterocycles. The largest absolute Gasteiger partial charge is 0.312 e. The van der Waals surface area contributed by atoms with E-state index in [9.17, 15) is 8.78 Å². The Hall–Kier alpha value is -2.94. The van der Waals surface area contributed by atoms with Crippen LogP contribution in [0.4, 0.5) is 8.78 Å². The number of aromatic nitrogens is 4. The molecule has 27 heavy (non-hydrogen) atoms. The van der Waals surface area contributed by atoms with Gasteiger partial charge in [0.25, 0.3) is 0 Å². The highest BCUT2D eigenvalue weighted by Crippen LogP contribution is 2.30. The van der Waals surface area contributed by atoms with Crippen LogP contribution in [0.1, 0.15) is 0 Å². The number of hydrogen-bond donors (Lipinski definition) is 2. The summed E-state index contributed by atoms with van der Waals surface area (Å²) < 4.78 is 29.7. The van der Waals surface area contributed by atoms with Crippen molar-refractivity contribution in [2.24, 2.45) is 18.7 Å². The van der Waals surface area contributed by atoms with Crippen LogP contribution in [-0.4, -0.2) is 19.5 Å². The molecule has 0 bridgehead atoms. The Morgan fingerprint density at radius 2 is 1.63 bits per heavy atom. The van der Waals surface area contributed by atoms with E-state index in [1.807, 2.05) is 18.2 Å². The van der Waals surface area contributed by atoms with E-state index in [0.717, 1.165) is 5.56 Å². The molecule has 0 atom stereocenters. The minimum atomic E-state index is -0.715. The third kappa shape index (κ3) is 3.37. The normalized spacial score (nSPS) is 10.6. The van der Waals surface area contributed by atoms with Crippen LogP contribution >= 0.6 is 11.6 Å². The number of hydrazine groups is 1. The van der Waals surface area contributed by atoms with Crippen LogP contribution in [-0.2, 0) is 7.05 Å². The molecule has 9 heteroatoms. The fourth-order valence-corrected chi connectivity index (χ4v) is 2.92. The number of hydrogen-bond acceptors (Lipinski definition) is 5. The number of benzene rings is 2. The van der Waals surface area contributed by atoms with Crippen molar-refractivity contribution in [3.05, 3.63) is 65.3 Å². The van der Waals surface area contributed by atoms with Crippen molar-refractivity contribution in [3.63, 3.8) is 0 Å². The molecule has 0 radical (unpaired) electrons. The maximum Gasteiger partial charge on any atom is 0.167 e. The lowest BCUT2D eigenvalue weighted by molar-refractivity contribution is 0.587. The van der Waals surface area contributed by atoms with Gasteiger partial charge in [-0.3, -0.25) is 11.7 Å². The molecule has 138 valence electrons. The van der Waals surface area contributed by atoms with E-state index in [2.05, 4.69) is 26.6 Å². The molecule has 0 spiro atoms. The van der Waals surface area contributed by atoms with E-state index < -0.39 is 11.6 Å². The van der Waals surface area contributed by atoms with Gasteiger partial charge in [-0.15, -0.1) is 0 Å². The molecule has 0 saturated heterocycles. The number of imidazole rings is 1. The Kier molecular flexibility index (Phi) is 5.41. The third-order valence-corrected chi connectivity index (χ3v) is 4.24. The lowest BCUT2D eigenvalue weighted by Crippen LogP contribution is -2.02. The van der Waals surface area contributed by atoms with Crippen molar-refractivity contribution in [1.29, 1.82) is 0 Å². The van der Waals surface area contributed by atoms with E-state index in [1.165, 1.54) is 24.4 Å². The van der Waals surface area contributed by atoms with E-state index in [4.69, 9.17) is 11.6 Å². The second-order valence-electron chi connectivity index (χ2n) is 5.47. The fourth-order valence-electron chi connectivity index (χ4n) is 2.70. The molecule has 0 aliphatic rings. The summed E-state index contributed by atoms with van der Waals surface area (Å²) in [6, 6.07) is 10.9. The second kappa shape index (κ2) is 7.75. The van der Waals surface area contributed by atoms with E-state index in [-0.39, 0.29) is 11.4 Å². The molecule has 0 aliphatic heterocycles. The minimum absolute atomic E-state index is 0.0307. The molecule has 0 saturated carbocycles. The van der Waals surface area contributed by atoms with Crippen LogP contribution in [0.3, 0.4) is 0 Å². The topological polar surface area (TPSA) is 95.6 Å². The summed E-state index contributed by atoms with van der Waals surface area (Å²) in [5, 5.41) is 0.550. The van der Waals surface area contributed by atoms with Gasteiger partial charge < -0.3 is 4.57 Å². The maximum atomic E-state index is 14.0. The molecule has 2 aromatic carbocycles. The van der Waals surface area contributed by atoms with Crippen molar-refractivity contribution in [2.75, 3.05) is 0 Å². The van der Waals surface area contributed by atoms with Crippen molar-refractivity contribution in [2.45, 2.75) is 0 Å². The zero-order chi connectivity index (χ0) is 19.6. The van der Waals surface area contributed by atoms with Crippen molar-refractivity contribution >= 4 is 22.8 Å². The summed E-state index contributed by atoms with van der Waals surface area (Å²) in [6.07, 6.45) is 1.45. The number of halogens is 3. The molecule has 4 aromatic rings. The predicted octanol–water partition coefficient (Wildman–Crippen LogP) is 3.45. The van der Waals surface area contributed by atoms with Crippen LogP contribution in [0.5, 0.6) is 0 Å². The van der Waals surface area contributed by atoms with Gasteiger partial charge in [0.15, 0.2) is 11.5 Å². The van der Waals surface area contributed by atoms with Gasteiger partial charge in [-0.25, -0.2) is 23.7 Å². The zero-order valence-corrected chi connectivity index (χ0v) is 15.0. The van der Waals surface area contributed by atoms with Crippen LogP contribution in [0, 0.1) is 11.6 Å². The number of fused-ring (bicyclic) bond motifs is 1. The molecule has 4 N–H and O–H groups in total.